The lowest BCUT2D eigenvalue weighted by atomic mass is 9.64. The molecule has 1 heterocycles. The van der Waals surface area contributed by atoms with Gasteiger partial charge in [-0.1, -0.05) is 48.9 Å². The summed E-state index contributed by atoms with van der Waals surface area (Å²) < 4.78 is 1.55. The Bertz CT molecular complexity index is 1030. The molecule has 4 rings (SSSR count). The van der Waals surface area contributed by atoms with E-state index in [-0.39, 0.29) is 17.1 Å². The van der Waals surface area contributed by atoms with Gasteiger partial charge in [0.1, 0.15) is 0 Å². The van der Waals surface area contributed by atoms with Crippen molar-refractivity contribution in [2.45, 2.75) is 31.6 Å². The van der Waals surface area contributed by atoms with Crippen LogP contribution < -0.4 is 16.3 Å². The smallest absolute Gasteiger partial charge is 0.330 e. The van der Waals surface area contributed by atoms with E-state index in [0.717, 1.165) is 18.5 Å². The second kappa shape index (κ2) is 7.38. The van der Waals surface area contributed by atoms with Gasteiger partial charge in [0.25, 0.3) is 0 Å². The molecule has 1 aromatic heterocycles. The molecule has 0 spiro atoms. The SMILES string of the molecule is Cc1c[nH]c(=O)n1-c1ccccc1NC(=O)NCC1(c2ccccc2)CCC1. The van der Waals surface area contributed by atoms with Gasteiger partial charge in [-0.15, -0.1) is 0 Å². The fourth-order valence-electron chi connectivity index (χ4n) is 3.91. The molecular weight excluding hydrogens is 352 g/mol. The van der Waals surface area contributed by atoms with Gasteiger partial charge in [-0.05, 0) is 37.5 Å². The van der Waals surface area contributed by atoms with Crippen LogP contribution in [0.2, 0.25) is 0 Å². The molecule has 2 amide bonds. The van der Waals surface area contributed by atoms with Gasteiger partial charge >= 0.3 is 11.7 Å². The maximum absolute atomic E-state index is 12.6. The first-order valence-corrected chi connectivity index (χ1v) is 9.56. The molecule has 0 bridgehead atoms. The molecule has 0 aliphatic heterocycles. The molecule has 3 N–H and O–H groups in total. The van der Waals surface area contributed by atoms with Gasteiger partial charge in [0.15, 0.2) is 0 Å². The van der Waals surface area contributed by atoms with Crippen LogP contribution >= 0.6 is 0 Å². The Morgan fingerprint density at radius 2 is 1.82 bits per heavy atom. The van der Waals surface area contributed by atoms with Crippen molar-refractivity contribution < 1.29 is 4.79 Å². The molecule has 144 valence electrons. The second-order valence-corrected chi connectivity index (χ2v) is 7.40. The van der Waals surface area contributed by atoms with E-state index < -0.39 is 0 Å². The van der Waals surface area contributed by atoms with Crippen LogP contribution in [0.3, 0.4) is 0 Å². The van der Waals surface area contributed by atoms with Crippen molar-refractivity contribution in [1.82, 2.24) is 14.9 Å². The topological polar surface area (TPSA) is 78.9 Å². The first-order chi connectivity index (χ1) is 13.6. The van der Waals surface area contributed by atoms with Crippen LogP contribution in [0.5, 0.6) is 0 Å². The third-order valence-corrected chi connectivity index (χ3v) is 5.64. The van der Waals surface area contributed by atoms with Crippen LogP contribution in [0, 0.1) is 6.92 Å². The van der Waals surface area contributed by atoms with Crippen molar-refractivity contribution in [3.8, 4) is 5.69 Å². The van der Waals surface area contributed by atoms with E-state index in [1.54, 1.807) is 16.8 Å². The third-order valence-electron chi connectivity index (χ3n) is 5.64. The summed E-state index contributed by atoms with van der Waals surface area (Å²) in [6, 6.07) is 17.4. The number of aromatic nitrogens is 2. The Labute approximate surface area is 163 Å². The van der Waals surface area contributed by atoms with Crippen molar-refractivity contribution in [2.75, 3.05) is 11.9 Å². The number of hydrogen-bond acceptors (Lipinski definition) is 2. The first-order valence-electron chi connectivity index (χ1n) is 9.56. The van der Waals surface area contributed by atoms with Crippen LogP contribution in [-0.4, -0.2) is 22.1 Å². The molecule has 0 atom stereocenters. The highest BCUT2D eigenvalue weighted by Gasteiger charge is 2.38. The lowest BCUT2D eigenvalue weighted by molar-refractivity contribution is 0.222. The number of hydrogen-bond donors (Lipinski definition) is 3. The summed E-state index contributed by atoms with van der Waals surface area (Å²) in [6.07, 6.45) is 4.98. The van der Waals surface area contributed by atoms with Gasteiger partial charge in [-0.25, -0.2) is 9.59 Å². The van der Waals surface area contributed by atoms with Crippen molar-refractivity contribution in [2.24, 2.45) is 0 Å². The number of aromatic amines is 1. The molecule has 1 saturated carbocycles. The molecule has 0 saturated heterocycles. The van der Waals surface area contributed by atoms with Gasteiger partial charge in [0.2, 0.25) is 0 Å². The quantitative estimate of drug-likeness (QED) is 0.635. The average Bonchev–Trinajstić information content (AvgIpc) is 3.00. The summed E-state index contributed by atoms with van der Waals surface area (Å²) in [5.74, 6) is 0. The number of aryl methyl sites for hydroxylation is 1. The molecule has 6 heteroatoms. The second-order valence-electron chi connectivity index (χ2n) is 7.40. The zero-order valence-corrected chi connectivity index (χ0v) is 15.9. The number of rotatable bonds is 5. The Balaban J connectivity index is 1.49. The molecule has 1 aliphatic carbocycles. The van der Waals surface area contributed by atoms with Gasteiger partial charge in [0, 0.05) is 23.9 Å². The summed E-state index contributed by atoms with van der Waals surface area (Å²) in [5.41, 5.74) is 3.07. The first kappa shape index (κ1) is 18.1. The summed E-state index contributed by atoms with van der Waals surface area (Å²) >= 11 is 0. The number of benzene rings is 2. The minimum absolute atomic E-state index is 0.0201. The molecule has 6 nitrogen and oxygen atoms in total. The monoisotopic (exact) mass is 376 g/mol. The predicted octanol–water partition coefficient (Wildman–Crippen LogP) is 3.72. The fraction of sp³-hybridized carbons (Fsp3) is 0.273. The number of amides is 2. The molecule has 1 aliphatic rings. The van der Waals surface area contributed by atoms with Crippen molar-refractivity contribution in [3.63, 3.8) is 0 Å². The van der Waals surface area contributed by atoms with Gasteiger partial charge in [-0.3, -0.25) is 4.57 Å². The summed E-state index contributed by atoms with van der Waals surface area (Å²) in [5, 5.41) is 5.93. The number of para-hydroxylation sites is 2. The highest BCUT2D eigenvalue weighted by molar-refractivity contribution is 5.91. The number of nitrogens with one attached hydrogen (secondary N) is 3. The normalized spacial score (nSPS) is 14.9. The van der Waals surface area contributed by atoms with E-state index in [0.29, 0.717) is 17.9 Å². The number of carbonyl (C=O) groups is 1. The van der Waals surface area contributed by atoms with Crippen LogP contribution in [0.1, 0.15) is 30.5 Å². The number of anilines is 1. The van der Waals surface area contributed by atoms with Crippen LogP contribution in [0.15, 0.2) is 65.6 Å². The van der Waals surface area contributed by atoms with E-state index in [1.807, 2.05) is 43.3 Å². The summed E-state index contributed by atoms with van der Waals surface area (Å²) in [6.45, 7) is 2.43. The number of carbonyl (C=O) groups excluding carboxylic acids is 1. The number of H-pyrrole nitrogens is 1. The number of imidazole rings is 1. The van der Waals surface area contributed by atoms with Gasteiger partial charge < -0.3 is 15.6 Å². The highest BCUT2D eigenvalue weighted by atomic mass is 16.2. The third kappa shape index (κ3) is 3.33. The average molecular weight is 376 g/mol. The van der Waals surface area contributed by atoms with E-state index in [4.69, 9.17) is 0 Å². The zero-order valence-electron chi connectivity index (χ0n) is 15.9. The zero-order chi connectivity index (χ0) is 19.6. The van der Waals surface area contributed by atoms with E-state index >= 15 is 0 Å². The molecule has 0 radical (unpaired) electrons. The van der Waals surface area contributed by atoms with E-state index in [1.165, 1.54) is 12.0 Å². The van der Waals surface area contributed by atoms with Crippen molar-refractivity contribution >= 4 is 11.7 Å². The maximum Gasteiger partial charge on any atom is 0.330 e. The molecule has 0 unspecified atom stereocenters. The Kier molecular flexibility index (Phi) is 4.77. The molecule has 2 aromatic carbocycles. The minimum atomic E-state index is -0.268. The fourth-order valence-corrected chi connectivity index (χ4v) is 3.91. The van der Waals surface area contributed by atoms with Crippen LogP contribution in [0.4, 0.5) is 10.5 Å². The minimum Gasteiger partial charge on any atom is -0.337 e. The highest BCUT2D eigenvalue weighted by Crippen LogP contribution is 2.43. The van der Waals surface area contributed by atoms with Crippen molar-refractivity contribution in [1.29, 1.82) is 0 Å². The van der Waals surface area contributed by atoms with Crippen molar-refractivity contribution in [3.05, 3.63) is 82.5 Å². The lowest BCUT2D eigenvalue weighted by Gasteiger charge is -2.42. The van der Waals surface area contributed by atoms with E-state index in [2.05, 4.69) is 27.8 Å². The molecule has 3 aromatic rings. The van der Waals surface area contributed by atoms with E-state index in [9.17, 15) is 9.59 Å². The molecular formula is C22H24N4O2. The predicted molar refractivity (Wildman–Crippen MR) is 110 cm³/mol. The lowest BCUT2D eigenvalue weighted by Crippen LogP contribution is -2.46. The van der Waals surface area contributed by atoms with Crippen LogP contribution in [0.25, 0.3) is 5.69 Å². The largest absolute Gasteiger partial charge is 0.337 e. The Hall–Kier alpha value is -3.28. The maximum atomic E-state index is 12.6. The van der Waals surface area contributed by atoms with Gasteiger partial charge in [-0.2, -0.15) is 0 Å². The molecule has 28 heavy (non-hydrogen) atoms. The van der Waals surface area contributed by atoms with Crippen LogP contribution in [-0.2, 0) is 5.41 Å². The number of urea groups is 1. The Morgan fingerprint density at radius 1 is 1.11 bits per heavy atom. The number of nitrogens with zero attached hydrogens (tertiary/aromatic N) is 1. The molecule has 1 fully saturated rings. The summed E-state index contributed by atoms with van der Waals surface area (Å²) in [7, 11) is 0. The van der Waals surface area contributed by atoms with Gasteiger partial charge in [0.05, 0.1) is 11.4 Å². The summed E-state index contributed by atoms with van der Waals surface area (Å²) in [4.78, 5) is 27.4. The Morgan fingerprint density at radius 3 is 2.46 bits per heavy atom. The standard InChI is InChI=1S/C22H24N4O2/c1-16-14-23-21(28)26(16)19-11-6-5-10-18(19)25-20(27)24-15-22(12-7-13-22)17-8-3-2-4-9-17/h2-6,8-11,14H,7,12-13,15H2,1H3,(H,23,28)(H2,24,25,27).